The Morgan fingerprint density at radius 3 is 2.78 bits per heavy atom. The van der Waals surface area contributed by atoms with Gasteiger partial charge in [0, 0.05) is 6.04 Å². The van der Waals surface area contributed by atoms with Crippen molar-refractivity contribution in [1.82, 2.24) is 0 Å². The fraction of sp³-hybridized carbons (Fsp3) is 0.538. The Balaban J connectivity index is 2.72. The summed E-state index contributed by atoms with van der Waals surface area (Å²) in [5.74, 6) is 0. The molecule has 0 aliphatic rings. The van der Waals surface area contributed by atoms with E-state index in [0.717, 1.165) is 12.8 Å². The fourth-order valence-corrected chi connectivity index (χ4v) is 1.92. The molecule has 0 aliphatic heterocycles. The highest BCUT2D eigenvalue weighted by Crippen LogP contribution is 2.31. The molecule has 0 radical (unpaired) electrons. The van der Waals surface area contributed by atoms with Crippen LogP contribution in [0.4, 0.5) is 17.1 Å². The zero-order chi connectivity index (χ0) is 13.5. The second kappa shape index (κ2) is 6.83. The highest BCUT2D eigenvalue weighted by Gasteiger charge is 2.18. The SMILES string of the molecule is CCCCCC(C)Nc1cccc(N)c1[N+](=O)[O-]. The smallest absolute Gasteiger partial charge is 0.314 e. The Bertz CT molecular complexity index is 407. The summed E-state index contributed by atoms with van der Waals surface area (Å²) in [4.78, 5) is 10.5. The summed E-state index contributed by atoms with van der Waals surface area (Å²) in [7, 11) is 0. The van der Waals surface area contributed by atoms with Gasteiger partial charge in [0.25, 0.3) is 0 Å². The number of benzene rings is 1. The number of nitrogens with zero attached hydrogens (tertiary/aromatic N) is 1. The van der Waals surface area contributed by atoms with Crippen LogP contribution in [0.3, 0.4) is 0 Å². The lowest BCUT2D eigenvalue weighted by Gasteiger charge is -2.15. The maximum absolute atomic E-state index is 11.0. The maximum atomic E-state index is 11.0. The van der Waals surface area contributed by atoms with E-state index in [1.807, 2.05) is 6.92 Å². The Labute approximate surface area is 108 Å². The third kappa shape index (κ3) is 3.91. The second-order valence-corrected chi connectivity index (χ2v) is 4.54. The van der Waals surface area contributed by atoms with Gasteiger partial charge in [-0.1, -0.05) is 32.3 Å². The van der Waals surface area contributed by atoms with E-state index in [-0.39, 0.29) is 17.4 Å². The molecule has 5 nitrogen and oxygen atoms in total. The first kappa shape index (κ1) is 14.3. The normalized spacial score (nSPS) is 12.1. The summed E-state index contributed by atoms with van der Waals surface area (Å²) in [6.07, 6.45) is 4.48. The van der Waals surface area contributed by atoms with Crippen LogP contribution in [-0.4, -0.2) is 11.0 Å². The van der Waals surface area contributed by atoms with Gasteiger partial charge in [0.1, 0.15) is 11.4 Å². The number of nitrogens with one attached hydrogen (secondary N) is 1. The highest BCUT2D eigenvalue weighted by atomic mass is 16.6. The van der Waals surface area contributed by atoms with Gasteiger partial charge in [-0.25, -0.2) is 0 Å². The molecular formula is C13H21N3O2. The lowest BCUT2D eigenvalue weighted by Crippen LogP contribution is -2.16. The molecule has 3 N–H and O–H groups in total. The van der Waals surface area contributed by atoms with Crippen LogP contribution in [0.2, 0.25) is 0 Å². The molecule has 1 rings (SSSR count). The number of para-hydroxylation sites is 1. The van der Waals surface area contributed by atoms with Crippen LogP contribution in [0.5, 0.6) is 0 Å². The van der Waals surface area contributed by atoms with E-state index in [1.54, 1.807) is 18.2 Å². The molecule has 0 saturated carbocycles. The van der Waals surface area contributed by atoms with Crippen LogP contribution >= 0.6 is 0 Å². The van der Waals surface area contributed by atoms with Crippen LogP contribution in [0, 0.1) is 10.1 Å². The van der Waals surface area contributed by atoms with E-state index in [1.165, 1.54) is 12.8 Å². The quantitative estimate of drug-likeness (QED) is 0.336. The molecule has 1 unspecified atom stereocenters. The van der Waals surface area contributed by atoms with Gasteiger partial charge in [0.2, 0.25) is 0 Å². The Hall–Kier alpha value is -1.78. The average molecular weight is 251 g/mol. The molecule has 0 aromatic heterocycles. The number of nitro groups is 1. The topological polar surface area (TPSA) is 81.2 Å². The van der Waals surface area contributed by atoms with Crippen molar-refractivity contribution in [2.45, 2.75) is 45.6 Å². The molecule has 1 aromatic carbocycles. The van der Waals surface area contributed by atoms with Crippen LogP contribution < -0.4 is 11.1 Å². The Morgan fingerprint density at radius 2 is 2.17 bits per heavy atom. The summed E-state index contributed by atoms with van der Waals surface area (Å²) in [5, 5.41) is 14.1. The minimum absolute atomic E-state index is 0.0279. The van der Waals surface area contributed by atoms with Gasteiger partial charge >= 0.3 is 5.69 Å². The molecule has 0 saturated heterocycles. The van der Waals surface area contributed by atoms with E-state index in [0.29, 0.717) is 5.69 Å². The van der Waals surface area contributed by atoms with Crippen molar-refractivity contribution in [2.75, 3.05) is 11.1 Å². The first-order chi connectivity index (χ1) is 8.56. The number of unbranched alkanes of at least 4 members (excludes halogenated alkanes) is 2. The molecule has 0 heterocycles. The van der Waals surface area contributed by atoms with Gasteiger partial charge in [-0.2, -0.15) is 0 Å². The van der Waals surface area contributed by atoms with Gasteiger partial charge in [0.15, 0.2) is 0 Å². The lowest BCUT2D eigenvalue weighted by atomic mass is 10.1. The summed E-state index contributed by atoms with van der Waals surface area (Å²) >= 11 is 0. The Kier molecular flexibility index (Phi) is 5.42. The van der Waals surface area contributed by atoms with Crippen molar-refractivity contribution >= 4 is 17.1 Å². The van der Waals surface area contributed by atoms with E-state index in [4.69, 9.17) is 5.73 Å². The molecule has 0 spiro atoms. The molecule has 0 aliphatic carbocycles. The molecule has 100 valence electrons. The largest absolute Gasteiger partial charge is 0.393 e. The van der Waals surface area contributed by atoms with E-state index < -0.39 is 4.92 Å². The molecule has 1 aromatic rings. The van der Waals surface area contributed by atoms with Crippen molar-refractivity contribution < 1.29 is 4.92 Å². The lowest BCUT2D eigenvalue weighted by molar-refractivity contribution is -0.383. The Morgan fingerprint density at radius 1 is 1.44 bits per heavy atom. The number of nitrogens with two attached hydrogens (primary N) is 1. The third-order valence-corrected chi connectivity index (χ3v) is 2.89. The monoisotopic (exact) mass is 251 g/mol. The predicted molar refractivity (Wildman–Crippen MR) is 74.7 cm³/mol. The number of hydrogen-bond acceptors (Lipinski definition) is 4. The maximum Gasteiger partial charge on any atom is 0.314 e. The van der Waals surface area contributed by atoms with Crippen LogP contribution in [0.15, 0.2) is 18.2 Å². The van der Waals surface area contributed by atoms with Gasteiger partial charge < -0.3 is 11.1 Å². The minimum Gasteiger partial charge on any atom is -0.393 e. The van der Waals surface area contributed by atoms with Gasteiger partial charge in [-0.05, 0) is 25.5 Å². The molecule has 18 heavy (non-hydrogen) atoms. The first-order valence-corrected chi connectivity index (χ1v) is 6.35. The molecule has 0 amide bonds. The van der Waals surface area contributed by atoms with Crippen LogP contribution in [-0.2, 0) is 0 Å². The van der Waals surface area contributed by atoms with Crippen molar-refractivity contribution in [2.24, 2.45) is 0 Å². The highest BCUT2D eigenvalue weighted by molar-refractivity contribution is 5.74. The van der Waals surface area contributed by atoms with Crippen molar-refractivity contribution in [3.8, 4) is 0 Å². The average Bonchev–Trinajstić information content (AvgIpc) is 2.28. The van der Waals surface area contributed by atoms with Gasteiger partial charge in [-0.15, -0.1) is 0 Å². The molecular weight excluding hydrogens is 230 g/mol. The summed E-state index contributed by atoms with van der Waals surface area (Å²) in [5.41, 5.74) is 6.31. The van der Waals surface area contributed by atoms with E-state index in [9.17, 15) is 10.1 Å². The zero-order valence-corrected chi connectivity index (χ0v) is 11.0. The molecule has 0 fully saturated rings. The van der Waals surface area contributed by atoms with Crippen molar-refractivity contribution in [1.29, 1.82) is 0 Å². The van der Waals surface area contributed by atoms with Crippen LogP contribution in [0.1, 0.15) is 39.5 Å². The fourth-order valence-electron chi connectivity index (χ4n) is 1.92. The van der Waals surface area contributed by atoms with Crippen molar-refractivity contribution in [3.63, 3.8) is 0 Å². The number of nitro benzene ring substituents is 1. The summed E-state index contributed by atoms with van der Waals surface area (Å²) < 4.78 is 0. The predicted octanol–water partition coefficient (Wildman–Crippen LogP) is 3.56. The summed E-state index contributed by atoms with van der Waals surface area (Å²) in [6.45, 7) is 4.18. The zero-order valence-electron chi connectivity index (χ0n) is 11.0. The molecule has 5 heteroatoms. The first-order valence-electron chi connectivity index (χ1n) is 6.35. The summed E-state index contributed by atoms with van der Waals surface area (Å²) in [6, 6.07) is 5.18. The van der Waals surface area contributed by atoms with Gasteiger partial charge in [-0.3, -0.25) is 10.1 Å². The second-order valence-electron chi connectivity index (χ2n) is 4.54. The number of anilines is 2. The van der Waals surface area contributed by atoms with Crippen molar-refractivity contribution in [3.05, 3.63) is 28.3 Å². The molecule has 1 atom stereocenters. The molecule has 0 bridgehead atoms. The van der Waals surface area contributed by atoms with Crippen LogP contribution in [0.25, 0.3) is 0 Å². The third-order valence-electron chi connectivity index (χ3n) is 2.89. The van der Waals surface area contributed by atoms with Gasteiger partial charge in [0.05, 0.1) is 4.92 Å². The number of nitrogen functional groups attached to an aromatic ring is 1. The van der Waals surface area contributed by atoms with E-state index >= 15 is 0 Å². The standard InChI is InChI=1S/C13H21N3O2/c1-3-4-5-7-10(2)15-12-9-6-8-11(14)13(12)16(17)18/h6,8-10,15H,3-5,7,14H2,1-2H3. The minimum atomic E-state index is -0.434. The number of hydrogen-bond donors (Lipinski definition) is 2. The number of rotatable bonds is 7. The van der Waals surface area contributed by atoms with E-state index in [2.05, 4.69) is 12.2 Å².